The van der Waals surface area contributed by atoms with Gasteiger partial charge in [-0.3, -0.25) is 4.79 Å². The summed E-state index contributed by atoms with van der Waals surface area (Å²) in [6.45, 7) is 0. The maximum absolute atomic E-state index is 12.1. The molecule has 0 N–H and O–H groups in total. The molecule has 0 saturated heterocycles. The van der Waals surface area contributed by atoms with Gasteiger partial charge in [-0.1, -0.05) is 49.6 Å². The Hall–Kier alpha value is -2.33. The van der Waals surface area contributed by atoms with E-state index in [1.807, 2.05) is 30.3 Å². The van der Waals surface area contributed by atoms with Crippen LogP contribution in [0.2, 0.25) is 0 Å². The molecule has 0 aliphatic rings. The first-order valence-corrected chi connectivity index (χ1v) is 7.59. The number of nitrogens with zero attached hydrogens (tertiary/aromatic N) is 2. The lowest BCUT2D eigenvalue weighted by molar-refractivity contribution is -0.149. The number of carbonyl (C=O) groups is 1. The predicted molar refractivity (Wildman–Crippen MR) is 83.5 cm³/mol. The minimum atomic E-state index is -1.12. The van der Waals surface area contributed by atoms with E-state index in [-0.39, 0.29) is 0 Å². The second-order valence-electron chi connectivity index (χ2n) is 5.42. The third kappa shape index (κ3) is 5.22. The molecule has 4 nitrogen and oxygen atoms in total. The number of nitriles is 2. The fourth-order valence-electron chi connectivity index (χ4n) is 2.53. The average molecular weight is 298 g/mol. The number of methoxy groups -OCH3 is 1. The summed E-state index contributed by atoms with van der Waals surface area (Å²) in [7, 11) is 1.33. The Kier molecular flexibility index (Phi) is 7.72. The molecule has 0 saturated carbocycles. The summed E-state index contributed by atoms with van der Waals surface area (Å²) >= 11 is 0. The zero-order valence-corrected chi connectivity index (χ0v) is 13.0. The normalized spacial score (nSPS) is 12.7. The lowest BCUT2D eigenvalue weighted by atomic mass is 9.78. The van der Waals surface area contributed by atoms with Gasteiger partial charge >= 0.3 is 5.97 Å². The molecule has 0 aliphatic heterocycles. The van der Waals surface area contributed by atoms with Gasteiger partial charge < -0.3 is 4.74 Å². The van der Waals surface area contributed by atoms with Crippen LogP contribution in [0.4, 0.5) is 0 Å². The molecule has 0 radical (unpaired) electrons. The van der Waals surface area contributed by atoms with E-state index in [0.717, 1.165) is 31.2 Å². The number of carbonyl (C=O) groups excluding carboxylic acids is 1. The van der Waals surface area contributed by atoms with Crippen molar-refractivity contribution in [2.45, 2.75) is 44.9 Å². The quantitative estimate of drug-likeness (QED) is 0.513. The number of rotatable bonds is 9. The lowest BCUT2D eigenvalue weighted by Crippen LogP contribution is -2.33. The summed E-state index contributed by atoms with van der Waals surface area (Å²) in [4.78, 5) is 12.1. The average Bonchev–Trinajstić information content (AvgIpc) is 2.57. The van der Waals surface area contributed by atoms with Crippen LogP contribution in [0.25, 0.3) is 0 Å². The van der Waals surface area contributed by atoms with Gasteiger partial charge in [-0.15, -0.1) is 0 Å². The molecule has 116 valence electrons. The fourth-order valence-corrected chi connectivity index (χ4v) is 2.53. The molecule has 0 aliphatic carbocycles. The van der Waals surface area contributed by atoms with Crippen molar-refractivity contribution >= 4 is 5.97 Å². The molecule has 0 spiro atoms. The monoisotopic (exact) mass is 298 g/mol. The Balaban J connectivity index is 2.69. The van der Waals surface area contributed by atoms with Gasteiger partial charge in [-0.05, 0) is 18.4 Å². The van der Waals surface area contributed by atoms with Crippen LogP contribution in [0.1, 0.15) is 44.1 Å². The van der Waals surface area contributed by atoms with Gasteiger partial charge in [-0.2, -0.15) is 10.5 Å². The van der Waals surface area contributed by atoms with Crippen LogP contribution in [0.5, 0.6) is 0 Å². The zero-order valence-electron chi connectivity index (χ0n) is 13.0. The van der Waals surface area contributed by atoms with E-state index in [1.54, 1.807) is 0 Å². The second kappa shape index (κ2) is 9.58. The van der Waals surface area contributed by atoms with Gasteiger partial charge in [0, 0.05) is 12.8 Å². The number of hydrogen-bond donors (Lipinski definition) is 0. The van der Waals surface area contributed by atoms with Crippen LogP contribution in [0.3, 0.4) is 0 Å². The van der Waals surface area contributed by atoms with Crippen molar-refractivity contribution in [3.63, 3.8) is 0 Å². The van der Waals surface area contributed by atoms with E-state index in [2.05, 4.69) is 12.1 Å². The van der Waals surface area contributed by atoms with Crippen molar-refractivity contribution in [3.8, 4) is 12.1 Å². The third-order valence-corrected chi connectivity index (χ3v) is 3.78. The third-order valence-electron chi connectivity index (χ3n) is 3.78. The first-order chi connectivity index (χ1) is 10.7. The molecule has 0 fully saturated rings. The lowest BCUT2D eigenvalue weighted by Gasteiger charge is -2.23. The Morgan fingerprint density at radius 1 is 1.14 bits per heavy atom. The maximum atomic E-state index is 12.1. The summed E-state index contributed by atoms with van der Waals surface area (Å²) < 4.78 is 4.87. The van der Waals surface area contributed by atoms with E-state index < -0.39 is 11.4 Å². The van der Waals surface area contributed by atoms with Crippen LogP contribution >= 0.6 is 0 Å². The highest BCUT2D eigenvalue weighted by Gasteiger charge is 2.39. The molecular formula is C18H22N2O2. The largest absolute Gasteiger partial charge is 0.468 e. The molecule has 0 aromatic heterocycles. The second-order valence-corrected chi connectivity index (χ2v) is 5.42. The zero-order chi connectivity index (χ0) is 16.3. The minimum absolute atomic E-state index is 0.370. The van der Waals surface area contributed by atoms with E-state index in [0.29, 0.717) is 19.3 Å². The van der Waals surface area contributed by atoms with Gasteiger partial charge in [-0.25, -0.2) is 0 Å². The van der Waals surface area contributed by atoms with Crippen LogP contribution in [-0.2, 0) is 16.0 Å². The highest BCUT2D eigenvalue weighted by Crippen LogP contribution is 2.31. The predicted octanol–water partition coefficient (Wildman–Crippen LogP) is 3.78. The van der Waals surface area contributed by atoms with Gasteiger partial charge in [0.2, 0.25) is 0 Å². The molecular weight excluding hydrogens is 276 g/mol. The number of ether oxygens (including phenoxy) is 1. The molecule has 1 atom stereocenters. The van der Waals surface area contributed by atoms with Gasteiger partial charge in [0.15, 0.2) is 5.41 Å². The van der Waals surface area contributed by atoms with E-state index >= 15 is 0 Å². The van der Waals surface area contributed by atoms with Crippen LogP contribution in [-0.4, -0.2) is 13.1 Å². The van der Waals surface area contributed by atoms with Crippen molar-refractivity contribution in [3.05, 3.63) is 35.9 Å². The standard InChI is InChI=1S/C18H22N2O2/c1-22-17(21)18(15-20,12-8-3-2-4-9-13-19)14-16-10-6-5-7-11-16/h5-7,10-11H,2-4,8-9,12,14H2,1H3. The first kappa shape index (κ1) is 17.7. The molecule has 1 aromatic rings. The molecule has 0 amide bonds. The molecule has 22 heavy (non-hydrogen) atoms. The highest BCUT2D eigenvalue weighted by atomic mass is 16.5. The number of esters is 1. The molecule has 1 unspecified atom stereocenters. The van der Waals surface area contributed by atoms with Crippen molar-refractivity contribution in [2.24, 2.45) is 5.41 Å². The SMILES string of the molecule is COC(=O)C(C#N)(CCCCCCC#N)Cc1ccccc1. The van der Waals surface area contributed by atoms with E-state index in [1.165, 1.54) is 7.11 Å². The summed E-state index contributed by atoms with van der Waals surface area (Å²) in [5, 5.41) is 18.1. The van der Waals surface area contributed by atoms with Crippen molar-refractivity contribution in [1.29, 1.82) is 10.5 Å². The van der Waals surface area contributed by atoms with Gasteiger partial charge in [0.25, 0.3) is 0 Å². The Morgan fingerprint density at radius 2 is 1.82 bits per heavy atom. The number of hydrogen-bond acceptors (Lipinski definition) is 4. The summed E-state index contributed by atoms with van der Waals surface area (Å²) in [5.41, 5.74) is -0.162. The first-order valence-electron chi connectivity index (χ1n) is 7.59. The molecule has 0 bridgehead atoms. The van der Waals surface area contributed by atoms with Crippen molar-refractivity contribution < 1.29 is 9.53 Å². The smallest absolute Gasteiger partial charge is 0.326 e. The Morgan fingerprint density at radius 3 is 2.41 bits per heavy atom. The number of unbranched alkanes of at least 4 members (excludes halogenated alkanes) is 4. The molecule has 1 aromatic carbocycles. The minimum Gasteiger partial charge on any atom is -0.468 e. The van der Waals surface area contributed by atoms with Crippen LogP contribution < -0.4 is 0 Å². The molecule has 4 heteroatoms. The van der Waals surface area contributed by atoms with Crippen LogP contribution in [0, 0.1) is 28.1 Å². The fraction of sp³-hybridized carbons (Fsp3) is 0.500. The maximum Gasteiger partial charge on any atom is 0.326 e. The van der Waals surface area contributed by atoms with Gasteiger partial charge in [0.05, 0.1) is 19.2 Å². The van der Waals surface area contributed by atoms with Crippen LogP contribution in [0.15, 0.2) is 30.3 Å². The highest BCUT2D eigenvalue weighted by molar-refractivity contribution is 5.80. The van der Waals surface area contributed by atoms with E-state index in [4.69, 9.17) is 10.00 Å². The topological polar surface area (TPSA) is 73.9 Å². The Bertz CT molecular complexity index is 542. The van der Waals surface area contributed by atoms with E-state index in [9.17, 15) is 10.1 Å². The van der Waals surface area contributed by atoms with Crippen molar-refractivity contribution in [2.75, 3.05) is 7.11 Å². The Labute approximate surface area is 132 Å². The number of benzene rings is 1. The summed E-state index contributed by atoms with van der Waals surface area (Å²) in [5.74, 6) is -0.462. The molecule has 0 heterocycles. The van der Waals surface area contributed by atoms with Gasteiger partial charge in [0.1, 0.15) is 0 Å². The summed E-state index contributed by atoms with van der Waals surface area (Å²) in [6, 6.07) is 13.9. The van der Waals surface area contributed by atoms with Crippen molar-refractivity contribution in [1.82, 2.24) is 0 Å². The molecule has 1 rings (SSSR count). The summed E-state index contributed by atoms with van der Waals surface area (Å²) in [6.07, 6.45) is 4.92.